The molecule has 0 aromatic heterocycles. The van der Waals surface area contributed by atoms with Crippen LogP contribution >= 0.6 is 0 Å². The van der Waals surface area contributed by atoms with E-state index >= 15 is 0 Å². The number of carbonyl (C=O) groups is 1. The lowest BCUT2D eigenvalue weighted by Gasteiger charge is -2.43. The Morgan fingerprint density at radius 3 is 2.46 bits per heavy atom. The van der Waals surface area contributed by atoms with Gasteiger partial charge in [0.25, 0.3) is 0 Å². The van der Waals surface area contributed by atoms with Gasteiger partial charge in [0.05, 0.1) is 45.2 Å². The van der Waals surface area contributed by atoms with E-state index in [0.29, 0.717) is 11.5 Å². The Kier molecular flexibility index (Phi) is 7.06. The molecule has 5 N–H and O–H groups in total. The first-order valence-electron chi connectivity index (χ1n) is 11.8. The summed E-state index contributed by atoms with van der Waals surface area (Å²) in [5.41, 5.74) is -0.918. The van der Waals surface area contributed by atoms with E-state index in [4.69, 9.17) is 33.2 Å². The van der Waals surface area contributed by atoms with Gasteiger partial charge in [-0.05, 0) is 24.3 Å². The normalized spacial score (nSPS) is 41.8. The van der Waals surface area contributed by atoms with Crippen molar-refractivity contribution in [3.05, 3.63) is 36.1 Å². The van der Waals surface area contributed by atoms with Crippen molar-refractivity contribution in [3.8, 4) is 11.5 Å². The fraction of sp³-hybridized carbons (Fsp3) is 0.625. The highest BCUT2D eigenvalue weighted by Crippen LogP contribution is 2.60. The lowest BCUT2D eigenvalue weighted by Crippen LogP contribution is -2.60. The van der Waals surface area contributed by atoms with E-state index in [-0.39, 0.29) is 5.56 Å². The highest BCUT2D eigenvalue weighted by atomic mass is 16.8. The number of ether oxygens (including phenoxy) is 7. The third-order valence-electron chi connectivity index (χ3n) is 7.46. The quantitative estimate of drug-likeness (QED) is 0.191. The minimum absolute atomic E-state index is 0.224. The first-order chi connectivity index (χ1) is 17.8. The maximum atomic E-state index is 13.0. The number of benzene rings is 1. The van der Waals surface area contributed by atoms with Crippen LogP contribution in [0, 0.1) is 11.8 Å². The summed E-state index contributed by atoms with van der Waals surface area (Å²) in [4.78, 5) is 13.0. The highest BCUT2D eigenvalue weighted by Gasteiger charge is 2.77. The molecule has 1 saturated carbocycles. The zero-order valence-corrected chi connectivity index (χ0v) is 20.1. The molecule has 13 nitrogen and oxygen atoms in total. The Hall–Kier alpha value is -2.49. The largest absolute Gasteiger partial charge is 0.493 e. The molecule has 0 amide bonds. The van der Waals surface area contributed by atoms with Gasteiger partial charge in [-0.2, -0.15) is 0 Å². The van der Waals surface area contributed by atoms with Gasteiger partial charge in [-0.1, -0.05) is 0 Å². The maximum absolute atomic E-state index is 13.0. The zero-order valence-electron chi connectivity index (χ0n) is 20.1. The summed E-state index contributed by atoms with van der Waals surface area (Å²) in [6.07, 6.45) is -7.02. The first-order valence-corrected chi connectivity index (χ1v) is 11.8. The van der Waals surface area contributed by atoms with Gasteiger partial charge < -0.3 is 58.7 Å². The topological polar surface area (TPSA) is 186 Å². The fourth-order valence-electron chi connectivity index (χ4n) is 5.44. The smallest absolute Gasteiger partial charge is 0.338 e. The molecule has 11 atom stereocenters. The predicted molar refractivity (Wildman–Crippen MR) is 119 cm³/mol. The Morgan fingerprint density at radius 1 is 1.03 bits per heavy atom. The van der Waals surface area contributed by atoms with Crippen LogP contribution in [0.25, 0.3) is 0 Å². The number of hydrogen-bond acceptors (Lipinski definition) is 13. The predicted octanol–water partition coefficient (Wildman–Crippen LogP) is -1.71. The molecule has 4 aliphatic rings. The number of rotatable bonds is 8. The summed E-state index contributed by atoms with van der Waals surface area (Å²) >= 11 is 0. The number of aliphatic hydroxyl groups is 5. The van der Waals surface area contributed by atoms with Gasteiger partial charge in [-0.25, -0.2) is 4.79 Å². The second-order valence-corrected chi connectivity index (χ2v) is 9.36. The molecule has 1 aromatic carbocycles. The van der Waals surface area contributed by atoms with Gasteiger partial charge in [-0.3, -0.25) is 0 Å². The van der Waals surface area contributed by atoms with Crippen LogP contribution in [0.4, 0.5) is 0 Å². The van der Waals surface area contributed by atoms with Gasteiger partial charge in [0.1, 0.15) is 42.2 Å². The van der Waals surface area contributed by atoms with Gasteiger partial charge in [0, 0.05) is 5.92 Å². The van der Waals surface area contributed by atoms with Crippen molar-refractivity contribution in [2.45, 2.75) is 54.8 Å². The molecular weight excluding hydrogens is 496 g/mol. The summed E-state index contributed by atoms with van der Waals surface area (Å²) in [6, 6.07) is 4.61. The van der Waals surface area contributed by atoms with Crippen molar-refractivity contribution in [2.24, 2.45) is 11.8 Å². The van der Waals surface area contributed by atoms with Crippen molar-refractivity contribution < 1.29 is 63.5 Å². The molecule has 1 aliphatic carbocycles. The second kappa shape index (κ2) is 10.0. The first kappa shape index (κ1) is 26.1. The van der Waals surface area contributed by atoms with E-state index in [9.17, 15) is 30.3 Å². The molecule has 3 aliphatic heterocycles. The Balaban J connectivity index is 1.34. The molecule has 0 radical (unpaired) electrons. The highest BCUT2D eigenvalue weighted by molar-refractivity contribution is 5.90. The third kappa shape index (κ3) is 4.25. The summed E-state index contributed by atoms with van der Waals surface area (Å²) in [5.74, 6) is -1.00. The fourth-order valence-corrected chi connectivity index (χ4v) is 5.44. The number of hydrogen-bond donors (Lipinski definition) is 5. The summed E-state index contributed by atoms with van der Waals surface area (Å²) in [5, 5.41) is 50.2. The van der Waals surface area contributed by atoms with Crippen LogP contribution in [-0.4, -0.2) is 114 Å². The average Bonchev–Trinajstić information content (AvgIpc) is 3.60. The molecule has 0 spiro atoms. The Morgan fingerprint density at radius 2 is 1.78 bits per heavy atom. The van der Waals surface area contributed by atoms with E-state index in [0.717, 1.165) is 0 Å². The molecular formula is C24H30O13. The monoisotopic (exact) mass is 526 g/mol. The van der Waals surface area contributed by atoms with Crippen LogP contribution in [0.2, 0.25) is 0 Å². The van der Waals surface area contributed by atoms with Crippen molar-refractivity contribution in [1.29, 1.82) is 0 Å². The number of esters is 1. The average molecular weight is 526 g/mol. The van der Waals surface area contributed by atoms with Crippen LogP contribution in [0.1, 0.15) is 10.4 Å². The molecule has 1 aromatic rings. The van der Waals surface area contributed by atoms with Gasteiger partial charge >= 0.3 is 5.97 Å². The molecule has 204 valence electrons. The van der Waals surface area contributed by atoms with Crippen molar-refractivity contribution in [3.63, 3.8) is 0 Å². The van der Waals surface area contributed by atoms with E-state index in [1.54, 1.807) is 12.1 Å². The Bertz CT molecular complexity index is 1030. The molecule has 37 heavy (non-hydrogen) atoms. The Labute approximate surface area is 211 Å². The van der Waals surface area contributed by atoms with Crippen LogP contribution in [0.5, 0.6) is 11.5 Å². The van der Waals surface area contributed by atoms with E-state index in [1.165, 1.54) is 32.6 Å². The number of carbonyl (C=O) groups excluding carboxylic acids is 1. The molecule has 3 fully saturated rings. The molecule has 3 heterocycles. The molecule has 5 rings (SSSR count). The van der Waals surface area contributed by atoms with Crippen LogP contribution in [-0.2, 0) is 23.7 Å². The van der Waals surface area contributed by atoms with E-state index < -0.39 is 85.8 Å². The number of epoxide rings is 1. The van der Waals surface area contributed by atoms with Crippen molar-refractivity contribution in [1.82, 2.24) is 0 Å². The lowest BCUT2D eigenvalue weighted by molar-refractivity contribution is -0.344. The second-order valence-electron chi connectivity index (χ2n) is 9.36. The maximum Gasteiger partial charge on any atom is 0.338 e. The van der Waals surface area contributed by atoms with Crippen LogP contribution in [0.15, 0.2) is 30.5 Å². The zero-order chi connectivity index (χ0) is 26.5. The van der Waals surface area contributed by atoms with E-state index in [1.807, 2.05) is 0 Å². The van der Waals surface area contributed by atoms with Crippen molar-refractivity contribution in [2.75, 3.05) is 27.4 Å². The standard InChI is InChI=1S/C24H30O13/c1-31-12-4-3-10(7-13(12)32-2)21(30)35-19-11-5-6-33-22(15(11)24(9-26)20(19)37-24)36-23-18(29)17(28)16(27)14(8-25)34-23/h3-7,11,14-20,22-23,25-29H,8-9H2,1-2H3/t11-,14-,15+,16+,17+,18+,19+,20+,22+,23+,24+/m0/s1. The lowest BCUT2D eigenvalue weighted by atomic mass is 9.85. The van der Waals surface area contributed by atoms with Gasteiger partial charge in [-0.15, -0.1) is 0 Å². The van der Waals surface area contributed by atoms with Crippen molar-refractivity contribution >= 4 is 5.97 Å². The summed E-state index contributed by atoms with van der Waals surface area (Å²) < 4.78 is 39.0. The number of fused-ring (bicyclic) bond motifs is 3. The third-order valence-corrected chi connectivity index (χ3v) is 7.46. The van der Waals surface area contributed by atoms with Crippen LogP contribution < -0.4 is 9.47 Å². The number of methoxy groups -OCH3 is 2. The SMILES string of the molecule is COc1ccc(C(=O)O[C@@H]2[C@H]3C=CO[C@H](O[C@H]4O[C@@H](CO)[C@@H](O)[C@@H](O)[C@H]4O)[C@@H]3[C@@]3(CO)O[C@H]23)cc1OC. The minimum Gasteiger partial charge on any atom is -0.493 e. The molecule has 13 heteroatoms. The van der Waals surface area contributed by atoms with Crippen LogP contribution in [0.3, 0.4) is 0 Å². The summed E-state index contributed by atoms with van der Waals surface area (Å²) in [6.45, 7) is -1.04. The number of aliphatic hydroxyl groups excluding tert-OH is 5. The van der Waals surface area contributed by atoms with Gasteiger partial charge in [0.15, 0.2) is 17.8 Å². The molecule has 0 bridgehead atoms. The molecule has 0 unspecified atom stereocenters. The molecule has 2 saturated heterocycles. The minimum atomic E-state index is -1.65. The van der Waals surface area contributed by atoms with Gasteiger partial charge in [0.2, 0.25) is 6.29 Å². The summed E-state index contributed by atoms with van der Waals surface area (Å²) in [7, 11) is 2.93. The van der Waals surface area contributed by atoms with E-state index in [2.05, 4.69) is 0 Å².